The highest BCUT2D eigenvalue weighted by molar-refractivity contribution is 14.1. The van der Waals surface area contributed by atoms with E-state index in [-0.39, 0.29) is 0 Å². The second kappa shape index (κ2) is 7.73. The molecule has 0 atom stereocenters. The van der Waals surface area contributed by atoms with Crippen LogP contribution in [0.25, 0.3) is 0 Å². The first-order chi connectivity index (χ1) is 7.27. The van der Waals surface area contributed by atoms with Crippen molar-refractivity contribution in [2.75, 3.05) is 23.9 Å². The van der Waals surface area contributed by atoms with E-state index in [0.717, 1.165) is 25.7 Å². The van der Waals surface area contributed by atoms with Crippen molar-refractivity contribution in [1.29, 1.82) is 0 Å². The van der Waals surface area contributed by atoms with E-state index >= 15 is 0 Å². The van der Waals surface area contributed by atoms with Gasteiger partial charge in [0.15, 0.2) is 0 Å². The fourth-order valence-corrected chi connectivity index (χ4v) is 1.96. The lowest BCUT2D eigenvalue weighted by molar-refractivity contribution is 0.333. The van der Waals surface area contributed by atoms with E-state index in [1.165, 1.54) is 0 Å². The predicted molar refractivity (Wildman–Crippen MR) is 77.7 cm³/mol. The molecular formula is C10H11Br2IO2. The molecule has 0 radical (unpaired) electrons. The number of hydrogen-bond acceptors (Lipinski definition) is 2. The van der Waals surface area contributed by atoms with Gasteiger partial charge in [-0.15, -0.1) is 0 Å². The highest BCUT2D eigenvalue weighted by Gasteiger charge is 2.02. The Morgan fingerprint density at radius 2 is 1.73 bits per heavy atom. The summed E-state index contributed by atoms with van der Waals surface area (Å²) in [7, 11) is 0. The molecule has 0 saturated heterocycles. The average molecular weight is 450 g/mol. The van der Waals surface area contributed by atoms with Crippen molar-refractivity contribution < 1.29 is 9.47 Å². The number of ether oxygens (including phenoxy) is 2. The van der Waals surface area contributed by atoms with Crippen LogP contribution in [0.5, 0.6) is 11.5 Å². The highest BCUT2D eigenvalue weighted by atomic mass is 127. The van der Waals surface area contributed by atoms with Crippen molar-refractivity contribution in [2.24, 2.45) is 0 Å². The van der Waals surface area contributed by atoms with Crippen LogP contribution in [0.3, 0.4) is 0 Å². The first-order valence-corrected chi connectivity index (χ1v) is 7.77. The van der Waals surface area contributed by atoms with Crippen molar-refractivity contribution in [3.05, 3.63) is 21.8 Å². The van der Waals surface area contributed by atoms with Gasteiger partial charge in [-0.05, 0) is 40.8 Å². The van der Waals surface area contributed by atoms with Gasteiger partial charge >= 0.3 is 0 Å². The Kier molecular flexibility index (Phi) is 7.00. The maximum Gasteiger partial charge on any atom is 0.132 e. The second-order valence-corrected chi connectivity index (χ2v) is 5.42. The minimum Gasteiger partial charge on any atom is -0.493 e. The summed E-state index contributed by atoms with van der Waals surface area (Å²) in [5, 5.41) is 1.68. The summed E-state index contributed by atoms with van der Waals surface area (Å²) in [5.74, 6) is 1.78. The Balaban J connectivity index is 2.61. The van der Waals surface area contributed by atoms with Crippen LogP contribution in [-0.4, -0.2) is 23.9 Å². The predicted octanol–water partition coefficient (Wildman–Crippen LogP) is 3.84. The molecule has 1 aromatic carbocycles. The zero-order valence-corrected chi connectivity index (χ0v) is 13.3. The summed E-state index contributed by atoms with van der Waals surface area (Å²) in [4.78, 5) is 0. The molecule has 0 spiro atoms. The quantitative estimate of drug-likeness (QED) is 0.485. The fraction of sp³-hybridized carbons (Fsp3) is 0.400. The molecule has 0 fully saturated rings. The molecule has 0 saturated carbocycles. The van der Waals surface area contributed by atoms with Crippen molar-refractivity contribution in [1.82, 2.24) is 0 Å². The number of hydrogen-bond donors (Lipinski definition) is 0. The van der Waals surface area contributed by atoms with Gasteiger partial charge in [0, 0.05) is 10.7 Å². The number of alkyl halides is 2. The fourth-order valence-electron chi connectivity index (χ4n) is 0.993. The zero-order valence-electron chi connectivity index (χ0n) is 8.01. The molecule has 15 heavy (non-hydrogen) atoms. The molecule has 0 amide bonds. The maximum absolute atomic E-state index is 5.53. The van der Waals surface area contributed by atoms with Gasteiger partial charge in [0.05, 0.1) is 16.8 Å². The van der Waals surface area contributed by atoms with Crippen LogP contribution in [0.4, 0.5) is 0 Å². The smallest absolute Gasteiger partial charge is 0.132 e. The third-order valence-electron chi connectivity index (χ3n) is 1.58. The lowest BCUT2D eigenvalue weighted by atomic mass is 10.3. The van der Waals surface area contributed by atoms with Crippen LogP contribution in [0.15, 0.2) is 18.2 Å². The lowest BCUT2D eigenvalue weighted by Crippen LogP contribution is -2.01. The van der Waals surface area contributed by atoms with Crippen molar-refractivity contribution in [3.8, 4) is 11.5 Å². The van der Waals surface area contributed by atoms with Gasteiger partial charge < -0.3 is 9.47 Å². The highest BCUT2D eigenvalue weighted by Crippen LogP contribution is 2.25. The van der Waals surface area contributed by atoms with Crippen LogP contribution < -0.4 is 9.47 Å². The molecule has 0 aromatic heterocycles. The number of rotatable bonds is 6. The van der Waals surface area contributed by atoms with Crippen LogP contribution in [-0.2, 0) is 0 Å². The van der Waals surface area contributed by atoms with Gasteiger partial charge in [-0.1, -0.05) is 31.9 Å². The Labute approximate surface area is 120 Å². The third-order valence-corrected chi connectivity index (χ3v) is 3.07. The summed E-state index contributed by atoms with van der Waals surface area (Å²) in [5.41, 5.74) is 0. The van der Waals surface area contributed by atoms with Gasteiger partial charge in [0.2, 0.25) is 0 Å². The van der Waals surface area contributed by atoms with E-state index in [1.54, 1.807) is 0 Å². The molecule has 0 aliphatic rings. The monoisotopic (exact) mass is 448 g/mol. The molecule has 1 rings (SSSR count). The van der Waals surface area contributed by atoms with E-state index in [9.17, 15) is 0 Å². The van der Waals surface area contributed by atoms with Crippen molar-refractivity contribution >= 4 is 54.5 Å². The maximum atomic E-state index is 5.53. The Morgan fingerprint density at radius 1 is 1.07 bits per heavy atom. The standard InChI is InChI=1S/C10H11Br2IO2/c11-3-5-14-8-1-2-10(9(13)7-8)15-6-4-12/h1-2,7H,3-6H2. The number of halogens is 3. The SMILES string of the molecule is BrCCOc1ccc(OCCBr)c(I)c1. The Morgan fingerprint density at radius 3 is 2.33 bits per heavy atom. The van der Waals surface area contributed by atoms with Gasteiger partial charge in [0.1, 0.15) is 11.5 Å². The Bertz CT molecular complexity index is 307. The van der Waals surface area contributed by atoms with Gasteiger partial charge in [-0.2, -0.15) is 0 Å². The average Bonchev–Trinajstić information content (AvgIpc) is 2.25. The van der Waals surface area contributed by atoms with Crippen LogP contribution in [0.2, 0.25) is 0 Å². The second-order valence-electron chi connectivity index (χ2n) is 2.67. The largest absolute Gasteiger partial charge is 0.493 e. The summed E-state index contributed by atoms with van der Waals surface area (Å²) >= 11 is 8.89. The molecule has 0 aliphatic carbocycles. The minimum atomic E-state index is 0.678. The van der Waals surface area contributed by atoms with E-state index in [0.29, 0.717) is 13.2 Å². The molecule has 0 unspecified atom stereocenters. The first-order valence-electron chi connectivity index (χ1n) is 4.45. The summed E-state index contributed by atoms with van der Waals surface area (Å²) < 4.78 is 12.1. The summed E-state index contributed by atoms with van der Waals surface area (Å²) in [6.07, 6.45) is 0. The Hall–Kier alpha value is 0.510. The molecule has 0 heterocycles. The van der Waals surface area contributed by atoms with E-state index in [2.05, 4.69) is 54.5 Å². The molecule has 2 nitrogen and oxygen atoms in total. The molecule has 0 aliphatic heterocycles. The van der Waals surface area contributed by atoms with E-state index < -0.39 is 0 Å². The molecule has 84 valence electrons. The zero-order chi connectivity index (χ0) is 11.1. The lowest BCUT2D eigenvalue weighted by Gasteiger charge is -2.09. The van der Waals surface area contributed by atoms with Crippen LogP contribution in [0.1, 0.15) is 0 Å². The van der Waals surface area contributed by atoms with Crippen LogP contribution in [0, 0.1) is 3.57 Å². The topological polar surface area (TPSA) is 18.5 Å². The summed E-state index contributed by atoms with van der Waals surface area (Å²) in [6, 6.07) is 5.84. The molecule has 0 bridgehead atoms. The molecule has 5 heteroatoms. The minimum absolute atomic E-state index is 0.678. The van der Waals surface area contributed by atoms with Gasteiger partial charge in [-0.25, -0.2) is 0 Å². The normalized spacial score (nSPS) is 10.1. The molecule has 1 aromatic rings. The molecule has 0 N–H and O–H groups in total. The van der Waals surface area contributed by atoms with E-state index in [4.69, 9.17) is 9.47 Å². The third kappa shape index (κ3) is 4.91. The van der Waals surface area contributed by atoms with Crippen molar-refractivity contribution in [2.45, 2.75) is 0 Å². The molecular weight excluding hydrogens is 439 g/mol. The first kappa shape index (κ1) is 13.6. The van der Waals surface area contributed by atoms with Gasteiger partial charge in [0.25, 0.3) is 0 Å². The summed E-state index contributed by atoms with van der Waals surface area (Å²) in [6.45, 7) is 1.36. The van der Waals surface area contributed by atoms with E-state index in [1.807, 2.05) is 18.2 Å². The van der Waals surface area contributed by atoms with Gasteiger partial charge in [-0.3, -0.25) is 0 Å². The van der Waals surface area contributed by atoms with Crippen LogP contribution >= 0.6 is 54.5 Å². The van der Waals surface area contributed by atoms with Crippen molar-refractivity contribution in [3.63, 3.8) is 0 Å². The number of benzene rings is 1.